The Bertz CT molecular complexity index is 426. The Morgan fingerprint density at radius 2 is 2.44 bits per heavy atom. The van der Waals surface area contributed by atoms with E-state index in [1.807, 2.05) is 6.07 Å². The van der Waals surface area contributed by atoms with Gasteiger partial charge >= 0.3 is 0 Å². The summed E-state index contributed by atoms with van der Waals surface area (Å²) in [5.41, 5.74) is 1.13. The molecule has 0 unspecified atom stereocenters. The second kappa shape index (κ2) is 6.09. The summed E-state index contributed by atoms with van der Waals surface area (Å²) in [6.07, 6.45) is 2.52. The fourth-order valence-electron chi connectivity index (χ4n) is 1.16. The average Bonchev–Trinajstić information content (AvgIpc) is 2.24. The first kappa shape index (κ1) is 12.5. The van der Waals surface area contributed by atoms with E-state index >= 15 is 0 Å². The maximum absolute atomic E-state index is 11.6. The Morgan fingerprint density at radius 1 is 1.69 bits per heavy atom. The highest BCUT2D eigenvalue weighted by atomic mass is 35.5. The molecule has 0 saturated carbocycles. The van der Waals surface area contributed by atoms with Gasteiger partial charge in [0, 0.05) is 24.9 Å². The number of pyridine rings is 1. The number of nitrogens with zero attached hydrogens (tertiary/aromatic N) is 2. The van der Waals surface area contributed by atoms with Crippen LogP contribution in [-0.4, -0.2) is 17.4 Å². The van der Waals surface area contributed by atoms with Gasteiger partial charge in [-0.05, 0) is 19.4 Å². The second-order valence-corrected chi connectivity index (χ2v) is 3.73. The molecular weight excluding hydrogens is 226 g/mol. The molecule has 0 aliphatic rings. The Morgan fingerprint density at radius 3 is 3.06 bits per heavy atom. The third-order valence-corrected chi connectivity index (χ3v) is 2.30. The van der Waals surface area contributed by atoms with E-state index in [4.69, 9.17) is 16.9 Å². The topological polar surface area (TPSA) is 65.8 Å². The molecule has 0 aromatic carbocycles. The molecule has 16 heavy (non-hydrogen) atoms. The zero-order valence-corrected chi connectivity index (χ0v) is 9.71. The average molecular weight is 238 g/mol. The van der Waals surface area contributed by atoms with Gasteiger partial charge in [0.2, 0.25) is 0 Å². The molecule has 84 valence electrons. The lowest BCUT2D eigenvalue weighted by Crippen LogP contribution is -2.24. The maximum Gasteiger partial charge on any atom is 0.254 e. The van der Waals surface area contributed by atoms with E-state index in [1.165, 1.54) is 6.20 Å². The highest BCUT2D eigenvalue weighted by molar-refractivity contribution is 6.33. The first-order valence-corrected chi connectivity index (χ1v) is 5.30. The van der Waals surface area contributed by atoms with Gasteiger partial charge in [-0.1, -0.05) is 11.6 Å². The molecular formula is C11H12ClN3O. The van der Waals surface area contributed by atoms with Crippen LogP contribution in [0.15, 0.2) is 12.3 Å². The van der Waals surface area contributed by atoms with E-state index in [0.717, 1.165) is 5.69 Å². The molecule has 0 spiro atoms. The number of aromatic nitrogens is 1. The van der Waals surface area contributed by atoms with Crippen molar-refractivity contribution in [2.45, 2.75) is 19.8 Å². The van der Waals surface area contributed by atoms with Gasteiger partial charge in [-0.25, -0.2) is 0 Å². The van der Waals surface area contributed by atoms with E-state index in [2.05, 4.69) is 10.3 Å². The fourth-order valence-corrected chi connectivity index (χ4v) is 1.45. The van der Waals surface area contributed by atoms with Crippen molar-refractivity contribution in [2.24, 2.45) is 0 Å². The summed E-state index contributed by atoms with van der Waals surface area (Å²) < 4.78 is 0. The molecule has 0 atom stereocenters. The minimum Gasteiger partial charge on any atom is -0.352 e. The molecule has 0 aliphatic heterocycles. The van der Waals surface area contributed by atoms with Crippen LogP contribution in [-0.2, 0) is 0 Å². The molecule has 0 bridgehead atoms. The van der Waals surface area contributed by atoms with Gasteiger partial charge in [-0.2, -0.15) is 5.26 Å². The second-order valence-electron chi connectivity index (χ2n) is 3.32. The van der Waals surface area contributed by atoms with Gasteiger partial charge in [0.1, 0.15) is 0 Å². The largest absolute Gasteiger partial charge is 0.352 e. The Balaban J connectivity index is 2.57. The molecule has 1 aromatic rings. The van der Waals surface area contributed by atoms with E-state index in [-0.39, 0.29) is 5.91 Å². The van der Waals surface area contributed by atoms with E-state index in [0.29, 0.717) is 30.0 Å². The molecule has 4 nitrogen and oxygen atoms in total. The minimum atomic E-state index is -0.254. The zero-order valence-electron chi connectivity index (χ0n) is 8.96. The predicted molar refractivity (Wildman–Crippen MR) is 61.2 cm³/mol. The lowest BCUT2D eigenvalue weighted by molar-refractivity contribution is 0.0953. The van der Waals surface area contributed by atoms with Crippen LogP contribution in [0.25, 0.3) is 0 Å². The molecule has 5 heteroatoms. The van der Waals surface area contributed by atoms with Crippen LogP contribution < -0.4 is 5.32 Å². The molecule has 1 amide bonds. The quantitative estimate of drug-likeness (QED) is 0.816. The number of carbonyl (C=O) groups is 1. The summed E-state index contributed by atoms with van der Waals surface area (Å²) in [6, 6.07) is 3.65. The number of rotatable bonds is 4. The number of hydrogen-bond donors (Lipinski definition) is 1. The van der Waals surface area contributed by atoms with Crippen molar-refractivity contribution in [3.63, 3.8) is 0 Å². The molecule has 1 aromatic heterocycles. The lowest BCUT2D eigenvalue weighted by Gasteiger charge is -2.05. The minimum absolute atomic E-state index is 0.254. The Labute approximate surface area is 99.2 Å². The summed E-state index contributed by atoms with van der Waals surface area (Å²) >= 11 is 5.91. The molecule has 0 fully saturated rings. The third-order valence-electron chi connectivity index (χ3n) is 1.99. The number of nitriles is 1. The van der Waals surface area contributed by atoms with E-state index < -0.39 is 0 Å². The standard InChI is InChI=1S/C11H12ClN3O/c1-8-6-10(12)9(7-15-8)11(16)14-5-3-2-4-13/h6-7H,2-3,5H2,1H3,(H,14,16). The van der Waals surface area contributed by atoms with Gasteiger partial charge in [-0.3, -0.25) is 9.78 Å². The maximum atomic E-state index is 11.6. The highest BCUT2D eigenvalue weighted by Gasteiger charge is 2.09. The number of unbranched alkanes of at least 4 members (excludes halogenated alkanes) is 1. The summed E-state index contributed by atoms with van der Waals surface area (Å²) in [5, 5.41) is 11.4. The van der Waals surface area contributed by atoms with Crippen molar-refractivity contribution < 1.29 is 4.79 Å². The van der Waals surface area contributed by atoms with Crippen LogP contribution in [0, 0.1) is 18.3 Å². The molecule has 1 N–H and O–H groups in total. The summed E-state index contributed by atoms with van der Waals surface area (Å²) in [7, 11) is 0. The number of hydrogen-bond acceptors (Lipinski definition) is 3. The monoisotopic (exact) mass is 237 g/mol. The molecule has 0 aliphatic carbocycles. The predicted octanol–water partition coefficient (Wildman–Crippen LogP) is 2.08. The van der Waals surface area contributed by atoms with Crippen molar-refractivity contribution in [3.8, 4) is 6.07 Å². The van der Waals surface area contributed by atoms with Crippen LogP contribution in [0.4, 0.5) is 0 Å². The van der Waals surface area contributed by atoms with E-state index in [9.17, 15) is 4.79 Å². The normalized spacial score (nSPS) is 9.56. The highest BCUT2D eigenvalue weighted by Crippen LogP contribution is 2.15. The third kappa shape index (κ3) is 3.52. The van der Waals surface area contributed by atoms with Crippen LogP contribution in [0.5, 0.6) is 0 Å². The van der Waals surface area contributed by atoms with Crippen LogP contribution >= 0.6 is 11.6 Å². The van der Waals surface area contributed by atoms with Gasteiger partial charge in [0.15, 0.2) is 0 Å². The molecule has 0 radical (unpaired) electrons. The molecule has 0 saturated heterocycles. The smallest absolute Gasteiger partial charge is 0.254 e. The van der Waals surface area contributed by atoms with Crippen LogP contribution in [0.1, 0.15) is 28.9 Å². The number of carbonyl (C=O) groups excluding carboxylic acids is 1. The van der Waals surface area contributed by atoms with Gasteiger partial charge in [-0.15, -0.1) is 0 Å². The Hall–Kier alpha value is -1.60. The molecule has 1 heterocycles. The first-order valence-electron chi connectivity index (χ1n) is 4.92. The van der Waals surface area contributed by atoms with Crippen LogP contribution in [0.2, 0.25) is 5.02 Å². The van der Waals surface area contributed by atoms with Gasteiger partial charge < -0.3 is 5.32 Å². The van der Waals surface area contributed by atoms with Gasteiger partial charge in [0.05, 0.1) is 16.7 Å². The first-order chi connectivity index (χ1) is 7.65. The number of halogens is 1. The number of nitrogens with one attached hydrogen (secondary N) is 1. The summed E-state index contributed by atoms with van der Waals surface area (Å²) in [6.45, 7) is 2.27. The number of aryl methyl sites for hydroxylation is 1. The summed E-state index contributed by atoms with van der Waals surface area (Å²) in [5.74, 6) is -0.254. The van der Waals surface area contributed by atoms with Crippen molar-refractivity contribution in [1.82, 2.24) is 10.3 Å². The van der Waals surface area contributed by atoms with Crippen LogP contribution in [0.3, 0.4) is 0 Å². The van der Waals surface area contributed by atoms with Crippen molar-refractivity contribution in [3.05, 3.63) is 28.5 Å². The zero-order chi connectivity index (χ0) is 12.0. The van der Waals surface area contributed by atoms with Crippen molar-refractivity contribution in [1.29, 1.82) is 5.26 Å². The molecule has 1 rings (SSSR count). The number of amides is 1. The SMILES string of the molecule is Cc1cc(Cl)c(C(=O)NCCCC#N)cn1. The Kier molecular flexibility index (Phi) is 4.74. The van der Waals surface area contributed by atoms with Crippen molar-refractivity contribution in [2.75, 3.05) is 6.54 Å². The van der Waals surface area contributed by atoms with Gasteiger partial charge in [0.25, 0.3) is 5.91 Å². The van der Waals surface area contributed by atoms with E-state index in [1.54, 1.807) is 13.0 Å². The lowest BCUT2D eigenvalue weighted by atomic mass is 10.2. The summed E-state index contributed by atoms with van der Waals surface area (Å²) in [4.78, 5) is 15.6. The fraction of sp³-hybridized carbons (Fsp3) is 0.364. The van der Waals surface area contributed by atoms with Crippen molar-refractivity contribution >= 4 is 17.5 Å².